The number of thiophene rings is 1. The molecule has 0 aliphatic heterocycles. The van der Waals surface area contributed by atoms with Gasteiger partial charge in [0.2, 0.25) is 0 Å². The van der Waals surface area contributed by atoms with E-state index in [2.05, 4.69) is 35.6 Å². The Morgan fingerprint density at radius 1 is 1.60 bits per heavy atom. The molecule has 0 spiro atoms. The van der Waals surface area contributed by atoms with E-state index in [4.69, 9.17) is 0 Å². The summed E-state index contributed by atoms with van der Waals surface area (Å²) in [6, 6.07) is 2.18. The van der Waals surface area contributed by atoms with Crippen LogP contribution in [0.3, 0.4) is 0 Å². The minimum atomic E-state index is 0.803. The summed E-state index contributed by atoms with van der Waals surface area (Å²) < 4.78 is 0. The molecule has 1 atom stereocenters. The van der Waals surface area contributed by atoms with Crippen molar-refractivity contribution in [1.29, 1.82) is 0 Å². The number of rotatable bonds is 8. The van der Waals surface area contributed by atoms with Gasteiger partial charge in [-0.3, -0.25) is 0 Å². The van der Waals surface area contributed by atoms with E-state index in [1.165, 1.54) is 18.4 Å². The van der Waals surface area contributed by atoms with E-state index in [9.17, 15) is 0 Å². The summed E-state index contributed by atoms with van der Waals surface area (Å²) in [6.07, 6.45) is 5.70. The van der Waals surface area contributed by atoms with Crippen LogP contribution >= 0.6 is 11.3 Å². The molecule has 1 aromatic rings. The van der Waals surface area contributed by atoms with Crippen molar-refractivity contribution in [1.82, 2.24) is 5.32 Å². The largest absolute Gasteiger partial charge is 0.313 e. The predicted octanol–water partition coefficient (Wildman–Crippen LogP) is 3.83. The molecule has 0 aliphatic carbocycles. The molecule has 0 aromatic carbocycles. The molecule has 1 heterocycles. The highest BCUT2D eigenvalue weighted by Gasteiger charge is 2.03. The van der Waals surface area contributed by atoms with Gasteiger partial charge in [0.25, 0.3) is 0 Å². The first-order valence-electron chi connectivity index (χ1n) is 5.69. The molecular formula is C13H21NS. The Morgan fingerprint density at radius 2 is 2.47 bits per heavy atom. The zero-order valence-electron chi connectivity index (χ0n) is 9.54. The molecule has 1 nitrogen and oxygen atoms in total. The number of allylic oxidation sites excluding steroid dienone is 1. The van der Waals surface area contributed by atoms with Crippen LogP contribution in [0.1, 0.15) is 31.7 Å². The molecule has 0 aliphatic rings. The molecule has 1 unspecified atom stereocenters. The van der Waals surface area contributed by atoms with Gasteiger partial charge in [-0.25, -0.2) is 0 Å². The van der Waals surface area contributed by atoms with Crippen LogP contribution in [0.25, 0.3) is 0 Å². The zero-order valence-corrected chi connectivity index (χ0v) is 10.4. The van der Waals surface area contributed by atoms with E-state index in [0.717, 1.165) is 25.4 Å². The Balaban J connectivity index is 2.07. The lowest BCUT2D eigenvalue weighted by molar-refractivity contribution is 0.456. The summed E-state index contributed by atoms with van der Waals surface area (Å²) >= 11 is 1.76. The lowest BCUT2D eigenvalue weighted by Crippen LogP contribution is -2.17. The highest BCUT2D eigenvalue weighted by molar-refractivity contribution is 7.07. The molecule has 84 valence electrons. The number of hydrogen-bond donors (Lipinski definition) is 1. The fraction of sp³-hybridized carbons (Fsp3) is 0.538. The van der Waals surface area contributed by atoms with Gasteiger partial charge in [0.05, 0.1) is 0 Å². The van der Waals surface area contributed by atoms with Crippen LogP contribution in [0, 0.1) is 5.92 Å². The first-order chi connectivity index (χ1) is 7.36. The first-order valence-corrected chi connectivity index (χ1v) is 6.63. The molecule has 0 fully saturated rings. The maximum absolute atomic E-state index is 3.80. The quantitative estimate of drug-likeness (QED) is 0.522. The fourth-order valence-electron chi connectivity index (χ4n) is 1.66. The van der Waals surface area contributed by atoms with Gasteiger partial charge in [-0.05, 0) is 47.7 Å². The third kappa shape index (κ3) is 5.14. The highest BCUT2D eigenvalue weighted by atomic mass is 32.1. The summed E-state index contributed by atoms with van der Waals surface area (Å²) in [4.78, 5) is 0. The van der Waals surface area contributed by atoms with Crippen LogP contribution < -0.4 is 5.32 Å². The second-order valence-corrected chi connectivity index (χ2v) is 4.68. The molecule has 15 heavy (non-hydrogen) atoms. The number of nitrogens with one attached hydrogen (secondary N) is 1. The van der Waals surface area contributed by atoms with Gasteiger partial charge in [0.1, 0.15) is 0 Å². The lowest BCUT2D eigenvalue weighted by atomic mass is 9.99. The summed E-state index contributed by atoms with van der Waals surface area (Å²) in [7, 11) is 0. The zero-order chi connectivity index (χ0) is 10.9. The van der Waals surface area contributed by atoms with Gasteiger partial charge in [-0.1, -0.05) is 19.4 Å². The van der Waals surface area contributed by atoms with Gasteiger partial charge in [-0.2, -0.15) is 11.3 Å². The minimum Gasteiger partial charge on any atom is -0.313 e. The molecule has 0 radical (unpaired) electrons. The molecule has 1 rings (SSSR count). The summed E-state index contributed by atoms with van der Waals surface area (Å²) in [6.45, 7) is 8.18. The smallest absolute Gasteiger partial charge is 0.0213 e. The van der Waals surface area contributed by atoms with Crippen molar-refractivity contribution in [3.63, 3.8) is 0 Å². The lowest BCUT2D eigenvalue weighted by Gasteiger charge is -2.12. The van der Waals surface area contributed by atoms with Gasteiger partial charge < -0.3 is 5.32 Å². The Kier molecular flexibility index (Phi) is 6.37. The van der Waals surface area contributed by atoms with Crippen molar-refractivity contribution in [3.8, 4) is 0 Å². The molecule has 1 N–H and O–H groups in total. The van der Waals surface area contributed by atoms with Crippen LogP contribution in [-0.4, -0.2) is 6.54 Å². The minimum absolute atomic E-state index is 0.803. The van der Waals surface area contributed by atoms with Crippen molar-refractivity contribution in [2.24, 2.45) is 5.92 Å². The first kappa shape index (κ1) is 12.5. The molecule has 0 bridgehead atoms. The van der Waals surface area contributed by atoms with Crippen LogP contribution in [0.2, 0.25) is 0 Å². The Morgan fingerprint density at radius 3 is 3.07 bits per heavy atom. The maximum atomic E-state index is 3.80. The number of hydrogen-bond acceptors (Lipinski definition) is 2. The summed E-state index contributed by atoms with van der Waals surface area (Å²) in [5.41, 5.74) is 1.40. The molecule has 0 saturated heterocycles. The normalized spacial score (nSPS) is 12.6. The van der Waals surface area contributed by atoms with Gasteiger partial charge in [-0.15, -0.1) is 6.58 Å². The van der Waals surface area contributed by atoms with Crippen LogP contribution in [0.15, 0.2) is 29.5 Å². The second kappa shape index (κ2) is 7.66. The average molecular weight is 223 g/mol. The molecule has 0 amide bonds. The molecule has 1 aromatic heterocycles. The monoisotopic (exact) mass is 223 g/mol. The Hall–Kier alpha value is -0.600. The standard InChI is InChI=1S/C13H21NS/c1-3-5-12(4-2)6-8-14-10-13-7-9-15-11-13/h3,7,9,11-12,14H,1,4-6,8,10H2,2H3. The Labute approximate surface area is 97.2 Å². The molecular weight excluding hydrogens is 202 g/mol. The van der Waals surface area contributed by atoms with E-state index < -0.39 is 0 Å². The molecule has 2 heteroatoms. The highest BCUT2D eigenvalue weighted by Crippen LogP contribution is 2.12. The van der Waals surface area contributed by atoms with Crippen molar-refractivity contribution in [2.45, 2.75) is 32.7 Å². The third-order valence-electron chi connectivity index (χ3n) is 2.72. The average Bonchev–Trinajstić information content (AvgIpc) is 2.75. The fourth-order valence-corrected chi connectivity index (χ4v) is 2.33. The maximum Gasteiger partial charge on any atom is 0.0213 e. The second-order valence-electron chi connectivity index (χ2n) is 3.90. The SMILES string of the molecule is C=CCC(CC)CCNCc1ccsc1. The van der Waals surface area contributed by atoms with E-state index in [1.54, 1.807) is 11.3 Å². The summed E-state index contributed by atoms with van der Waals surface area (Å²) in [5.74, 6) is 0.803. The molecule has 0 saturated carbocycles. The van der Waals surface area contributed by atoms with Crippen LogP contribution in [-0.2, 0) is 6.54 Å². The van der Waals surface area contributed by atoms with Crippen molar-refractivity contribution < 1.29 is 0 Å². The van der Waals surface area contributed by atoms with E-state index in [0.29, 0.717) is 0 Å². The van der Waals surface area contributed by atoms with Crippen molar-refractivity contribution in [2.75, 3.05) is 6.54 Å². The van der Waals surface area contributed by atoms with Crippen LogP contribution in [0.4, 0.5) is 0 Å². The summed E-state index contributed by atoms with van der Waals surface area (Å²) in [5, 5.41) is 7.81. The topological polar surface area (TPSA) is 12.0 Å². The predicted molar refractivity (Wildman–Crippen MR) is 69.2 cm³/mol. The van der Waals surface area contributed by atoms with E-state index in [-0.39, 0.29) is 0 Å². The van der Waals surface area contributed by atoms with E-state index >= 15 is 0 Å². The van der Waals surface area contributed by atoms with Crippen LogP contribution in [0.5, 0.6) is 0 Å². The van der Waals surface area contributed by atoms with Crippen molar-refractivity contribution in [3.05, 3.63) is 35.0 Å². The van der Waals surface area contributed by atoms with Gasteiger partial charge in [0, 0.05) is 6.54 Å². The van der Waals surface area contributed by atoms with Gasteiger partial charge in [0.15, 0.2) is 0 Å². The van der Waals surface area contributed by atoms with Gasteiger partial charge >= 0.3 is 0 Å². The third-order valence-corrected chi connectivity index (χ3v) is 3.45. The Bertz CT molecular complexity index is 254. The van der Waals surface area contributed by atoms with Crippen molar-refractivity contribution >= 4 is 11.3 Å². The van der Waals surface area contributed by atoms with E-state index in [1.807, 2.05) is 6.08 Å².